The summed E-state index contributed by atoms with van der Waals surface area (Å²) in [5, 5.41) is 10.6. The molecule has 3 aromatic rings. The average Bonchev–Trinajstić information content (AvgIpc) is 2.66. The third-order valence-electron chi connectivity index (χ3n) is 4.79. The number of carbonyl (C=O) groups excluding carboxylic acids is 1. The second kappa shape index (κ2) is 7.46. The Balaban J connectivity index is 2.37. The summed E-state index contributed by atoms with van der Waals surface area (Å²) in [5.74, 6) is -2.82. The minimum absolute atomic E-state index is 0.0582. The molecule has 1 aromatic carbocycles. The summed E-state index contributed by atoms with van der Waals surface area (Å²) >= 11 is 0. The number of amides is 1. The number of aromatic nitrogens is 2. The summed E-state index contributed by atoms with van der Waals surface area (Å²) in [6.07, 6.45) is -0.135. The molecule has 2 heterocycles. The Labute approximate surface area is 159 Å². The smallest absolute Gasteiger partial charge is 0.417 e. The zero-order valence-corrected chi connectivity index (χ0v) is 14.9. The van der Waals surface area contributed by atoms with Gasteiger partial charge in [-0.1, -0.05) is 19.1 Å². The number of benzene rings is 1. The molecule has 146 valence electrons. The first-order valence-corrected chi connectivity index (χ1v) is 8.62. The van der Waals surface area contributed by atoms with Crippen molar-refractivity contribution in [1.29, 1.82) is 0 Å². The van der Waals surface area contributed by atoms with Gasteiger partial charge in [0.15, 0.2) is 0 Å². The lowest BCUT2D eigenvalue weighted by Gasteiger charge is -2.26. The van der Waals surface area contributed by atoms with Crippen LogP contribution in [0, 0.1) is 5.92 Å². The number of phenolic OH excluding ortho intramolecular Hbond substituents is 1. The lowest BCUT2D eigenvalue weighted by molar-refractivity contribution is -0.136. The van der Waals surface area contributed by atoms with Crippen LogP contribution >= 0.6 is 0 Å². The molecule has 1 amide bonds. The number of nitrogens with zero attached hydrogens (tertiary/aromatic N) is 2. The average molecular weight is 389 g/mol. The van der Waals surface area contributed by atoms with Crippen molar-refractivity contribution < 1.29 is 23.1 Å². The van der Waals surface area contributed by atoms with E-state index in [9.17, 15) is 23.1 Å². The minimum atomic E-state index is -4.67. The van der Waals surface area contributed by atoms with Gasteiger partial charge < -0.3 is 10.8 Å². The van der Waals surface area contributed by atoms with Gasteiger partial charge >= 0.3 is 6.18 Å². The van der Waals surface area contributed by atoms with Crippen LogP contribution < -0.4 is 5.73 Å². The van der Waals surface area contributed by atoms with E-state index in [2.05, 4.69) is 9.97 Å². The van der Waals surface area contributed by atoms with Gasteiger partial charge in [0.2, 0.25) is 5.91 Å². The van der Waals surface area contributed by atoms with E-state index in [1.165, 1.54) is 30.7 Å². The highest BCUT2D eigenvalue weighted by Gasteiger charge is 2.37. The molecular formula is C20H18F3N3O2. The summed E-state index contributed by atoms with van der Waals surface area (Å²) in [5.41, 5.74) is 4.84. The van der Waals surface area contributed by atoms with Crippen molar-refractivity contribution in [1.82, 2.24) is 9.97 Å². The molecule has 28 heavy (non-hydrogen) atoms. The van der Waals surface area contributed by atoms with Gasteiger partial charge in [0.25, 0.3) is 0 Å². The number of hydrogen-bond donors (Lipinski definition) is 2. The van der Waals surface area contributed by atoms with Crippen LogP contribution in [0.5, 0.6) is 5.75 Å². The monoisotopic (exact) mass is 389 g/mol. The number of primary amides is 1. The standard InChI is InChI=1S/C20H18F3N3O2/c1-2-12(19(24)28)16(11-5-3-7-25-10-11)14-9-15(20(21,22)23)13-6-4-8-26-17(13)18(14)27/h3-10,12,16,27H,2H2,1H3,(H2,24,28). The highest BCUT2D eigenvalue weighted by atomic mass is 19.4. The van der Waals surface area contributed by atoms with Crippen LogP contribution in [0.3, 0.4) is 0 Å². The lowest BCUT2D eigenvalue weighted by atomic mass is 9.78. The van der Waals surface area contributed by atoms with Crippen molar-refractivity contribution in [3.63, 3.8) is 0 Å². The normalized spacial score (nSPS) is 14.0. The predicted octanol–water partition coefficient (Wildman–Crippen LogP) is 4.00. The highest BCUT2D eigenvalue weighted by Crippen LogP contribution is 2.45. The first-order chi connectivity index (χ1) is 13.3. The van der Waals surface area contributed by atoms with E-state index >= 15 is 0 Å². The molecule has 0 radical (unpaired) electrons. The third kappa shape index (κ3) is 3.49. The predicted molar refractivity (Wildman–Crippen MR) is 97.5 cm³/mol. The molecule has 0 saturated heterocycles. The molecule has 3 N–H and O–H groups in total. The van der Waals surface area contributed by atoms with Crippen molar-refractivity contribution in [2.75, 3.05) is 0 Å². The van der Waals surface area contributed by atoms with Gasteiger partial charge in [-0.2, -0.15) is 13.2 Å². The number of pyridine rings is 2. The van der Waals surface area contributed by atoms with Crippen LogP contribution in [0.2, 0.25) is 0 Å². The molecule has 8 heteroatoms. The molecule has 0 aliphatic carbocycles. The van der Waals surface area contributed by atoms with Gasteiger partial charge in [-0.25, -0.2) is 0 Å². The zero-order chi connectivity index (χ0) is 20.5. The zero-order valence-electron chi connectivity index (χ0n) is 14.9. The number of fused-ring (bicyclic) bond motifs is 1. The van der Waals surface area contributed by atoms with Gasteiger partial charge in [-0.3, -0.25) is 14.8 Å². The van der Waals surface area contributed by atoms with Crippen molar-refractivity contribution in [2.24, 2.45) is 11.7 Å². The SMILES string of the molecule is CCC(C(N)=O)C(c1cccnc1)c1cc(C(F)(F)F)c2cccnc2c1O. The van der Waals surface area contributed by atoms with Gasteiger partial charge in [0, 0.05) is 41.4 Å². The molecule has 2 atom stereocenters. The van der Waals surface area contributed by atoms with Crippen LogP contribution in [0.4, 0.5) is 13.2 Å². The fourth-order valence-corrected chi connectivity index (χ4v) is 3.51. The Bertz CT molecular complexity index is 1010. The second-order valence-electron chi connectivity index (χ2n) is 6.44. The highest BCUT2D eigenvalue weighted by molar-refractivity contribution is 5.90. The number of carbonyl (C=O) groups is 1. The van der Waals surface area contributed by atoms with Gasteiger partial charge in [0.1, 0.15) is 11.3 Å². The van der Waals surface area contributed by atoms with Crippen LogP contribution in [-0.4, -0.2) is 21.0 Å². The fraction of sp³-hybridized carbons (Fsp3) is 0.250. The van der Waals surface area contributed by atoms with E-state index in [0.717, 1.165) is 6.07 Å². The molecule has 5 nitrogen and oxygen atoms in total. The molecule has 0 saturated carbocycles. The van der Waals surface area contributed by atoms with E-state index in [1.54, 1.807) is 19.1 Å². The Hall–Kier alpha value is -3.16. The third-order valence-corrected chi connectivity index (χ3v) is 4.79. The van der Waals surface area contributed by atoms with Gasteiger partial charge in [-0.15, -0.1) is 0 Å². The Morgan fingerprint density at radius 1 is 1.25 bits per heavy atom. The van der Waals surface area contributed by atoms with Crippen molar-refractivity contribution in [2.45, 2.75) is 25.4 Å². The van der Waals surface area contributed by atoms with E-state index in [1.807, 2.05) is 0 Å². The van der Waals surface area contributed by atoms with E-state index in [-0.39, 0.29) is 22.9 Å². The maximum Gasteiger partial charge on any atom is 0.417 e. The Morgan fingerprint density at radius 2 is 1.96 bits per heavy atom. The Morgan fingerprint density at radius 3 is 2.54 bits per heavy atom. The summed E-state index contributed by atoms with van der Waals surface area (Å²) < 4.78 is 41.2. The maximum atomic E-state index is 13.7. The first kappa shape index (κ1) is 19.6. The summed E-state index contributed by atoms with van der Waals surface area (Å²) in [4.78, 5) is 20.0. The number of halogens is 3. The largest absolute Gasteiger partial charge is 0.505 e. The lowest BCUT2D eigenvalue weighted by Crippen LogP contribution is -2.29. The van der Waals surface area contributed by atoms with Crippen LogP contribution in [0.25, 0.3) is 10.9 Å². The number of aromatic hydroxyl groups is 1. The molecule has 0 spiro atoms. The second-order valence-corrected chi connectivity index (χ2v) is 6.44. The summed E-state index contributed by atoms with van der Waals surface area (Å²) in [6, 6.07) is 6.74. The molecular weight excluding hydrogens is 371 g/mol. The van der Waals surface area contributed by atoms with Crippen molar-refractivity contribution >= 4 is 16.8 Å². The topological polar surface area (TPSA) is 89.1 Å². The molecule has 2 aromatic heterocycles. The van der Waals surface area contributed by atoms with Crippen molar-refractivity contribution in [3.05, 3.63) is 65.6 Å². The number of alkyl halides is 3. The first-order valence-electron chi connectivity index (χ1n) is 8.62. The van der Waals surface area contributed by atoms with Crippen LogP contribution in [-0.2, 0) is 11.0 Å². The van der Waals surface area contributed by atoms with E-state index < -0.39 is 35.2 Å². The van der Waals surface area contributed by atoms with Crippen LogP contribution in [0.15, 0.2) is 48.9 Å². The van der Waals surface area contributed by atoms with E-state index in [4.69, 9.17) is 5.73 Å². The molecule has 0 fully saturated rings. The molecule has 3 rings (SSSR count). The molecule has 0 aliphatic heterocycles. The van der Waals surface area contributed by atoms with Gasteiger partial charge in [-0.05, 0) is 30.2 Å². The Kier molecular flexibility index (Phi) is 5.22. The number of rotatable bonds is 5. The number of phenols is 1. The molecule has 0 aliphatic rings. The summed E-state index contributed by atoms with van der Waals surface area (Å²) in [7, 11) is 0. The van der Waals surface area contributed by atoms with Gasteiger partial charge in [0.05, 0.1) is 5.56 Å². The molecule has 0 bridgehead atoms. The quantitative estimate of drug-likeness (QED) is 0.690. The fourth-order valence-electron chi connectivity index (χ4n) is 3.51. The van der Waals surface area contributed by atoms with Crippen molar-refractivity contribution in [3.8, 4) is 5.75 Å². The minimum Gasteiger partial charge on any atom is -0.505 e. The summed E-state index contributed by atoms with van der Waals surface area (Å²) in [6.45, 7) is 1.71. The molecule has 2 unspecified atom stereocenters. The maximum absolute atomic E-state index is 13.7. The number of hydrogen-bond acceptors (Lipinski definition) is 4. The van der Waals surface area contributed by atoms with Crippen LogP contribution in [0.1, 0.15) is 36.0 Å². The number of nitrogens with two attached hydrogens (primary N) is 1. The van der Waals surface area contributed by atoms with E-state index in [0.29, 0.717) is 5.56 Å².